The lowest BCUT2D eigenvalue weighted by molar-refractivity contribution is 0.0703. The molecule has 0 radical (unpaired) electrons. The van der Waals surface area contributed by atoms with E-state index in [1.165, 1.54) is 10.7 Å². The Balaban J connectivity index is 3.18. The van der Waals surface area contributed by atoms with E-state index in [4.69, 9.17) is 9.08 Å². The van der Waals surface area contributed by atoms with Crippen LogP contribution in [0.15, 0.2) is 10.7 Å². The number of hydrogen-bond donors (Lipinski definition) is 0. The van der Waals surface area contributed by atoms with E-state index in [0.29, 0.717) is 0 Å². The molecule has 1 aliphatic rings. The molecule has 0 saturated heterocycles. The number of allylic oxidation sites excluding steroid dienone is 2. The van der Waals surface area contributed by atoms with E-state index in [1.54, 1.807) is 0 Å². The Labute approximate surface area is 108 Å². The van der Waals surface area contributed by atoms with Crippen molar-refractivity contribution >= 4 is 15.2 Å². The van der Waals surface area contributed by atoms with Crippen molar-refractivity contribution in [2.45, 2.75) is 72.7 Å². The maximum Gasteiger partial charge on any atom is 0.322 e. The summed E-state index contributed by atoms with van der Waals surface area (Å²) in [6, 6.07) is 0. The summed E-state index contributed by atoms with van der Waals surface area (Å²) in [4.78, 5) is 0. The van der Waals surface area contributed by atoms with Gasteiger partial charge in [0.1, 0.15) is 0 Å². The second-order valence-corrected chi connectivity index (χ2v) is 9.58. The summed E-state index contributed by atoms with van der Waals surface area (Å²) in [5, 5.41) is 1.48. The van der Waals surface area contributed by atoms with Crippen LogP contribution < -0.4 is 0 Å². The van der Waals surface area contributed by atoms with Crippen LogP contribution in [-0.2, 0) is 9.08 Å². The van der Waals surface area contributed by atoms with Crippen molar-refractivity contribution in [3.8, 4) is 0 Å². The monoisotopic (exact) mass is 254 g/mol. The van der Waals surface area contributed by atoms with Crippen LogP contribution in [0.25, 0.3) is 0 Å². The van der Waals surface area contributed by atoms with Crippen LogP contribution >= 0.6 is 0 Å². The standard InChI is InChI=1S/C13H27BO2Si/c1-8-13-12(5)17(6,7)16-11(4)10(3)15-14(13)9-2/h10-11H,8-9H2,1-7H3/b13-12-. The minimum absolute atomic E-state index is 0.182. The number of rotatable bonds is 2. The van der Waals surface area contributed by atoms with Gasteiger partial charge < -0.3 is 9.08 Å². The molecular weight excluding hydrogens is 227 g/mol. The summed E-state index contributed by atoms with van der Waals surface area (Å²) in [6.45, 7) is 15.8. The minimum Gasteiger partial charge on any atom is -0.426 e. The maximum absolute atomic E-state index is 6.28. The fraction of sp³-hybridized carbons (Fsp3) is 0.846. The van der Waals surface area contributed by atoms with Crippen molar-refractivity contribution in [2.75, 3.05) is 0 Å². The van der Waals surface area contributed by atoms with Gasteiger partial charge in [-0.05, 0) is 46.6 Å². The zero-order valence-corrected chi connectivity index (χ0v) is 13.5. The van der Waals surface area contributed by atoms with Gasteiger partial charge in [-0.15, -0.1) is 0 Å². The molecule has 0 N–H and O–H groups in total. The molecule has 4 heteroatoms. The fourth-order valence-corrected chi connectivity index (χ4v) is 4.97. The van der Waals surface area contributed by atoms with Crippen LogP contribution in [0.3, 0.4) is 0 Å². The Bertz CT molecular complexity index is 302. The summed E-state index contributed by atoms with van der Waals surface area (Å²) in [5.74, 6) is 0. The Kier molecular flexibility index (Phi) is 5.05. The molecule has 1 heterocycles. The topological polar surface area (TPSA) is 18.5 Å². The summed E-state index contributed by atoms with van der Waals surface area (Å²) in [5.41, 5.74) is 1.47. The molecule has 0 amide bonds. The highest BCUT2D eigenvalue weighted by Gasteiger charge is 2.37. The summed E-state index contributed by atoms with van der Waals surface area (Å²) >= 11 is 0. The van der Waals surface area contributed by atoms with Crippen LogP contribution in [0, 0.1) is 0 Å². The average molecular weight is 254 g/mol. The second kappa shape index (κ2) is 5.72. The molecule has 98 valence electrons. The SMILES string of the molecule is CCB1OC(C)C(C)O[Si](C)(C)/C(C)=C\1CC. The van der Waals surface area contributed by atoms with Gasteiger partial charge in [-0.25, -0.2) is 0 Å². The van der Waals surface area contributed by atoms with Gasteiger partial charge in [-0.1, -0.05) is 24.5 Å². The third kappa shape index (κ3) is 3.24. The van der Waals surface area contributed by atoms with Crippen LogP contribution in [0.1, 0.15) is 41.0 Å². The smallest absolute Gasteiger partial charge is 0.322 e. The van der Waals surface area contributed by atoms with Crippen LogP contribution in [0.2, 0.25) is 19.4 Å². The molecule has 0 aromatic rings. The lowest BCUT2D eigenvalue weighted by Crippen LogP contribution is -2.46. The van der Waals surface area contributed by atoms with Crippen molar-refractivity contribution in [3.05, 3.63) is 10.7 Å². The molecule has 0 aromatic heterocycles. The van der Waals surface area contributed by atoms with E-state index in [1.807, 2.05) is 0 Å². The Hall–Kier alpha value is -0.0582. The molecule has 0 bridgehead atoms. The van der Waals surface area contributed by atoms with Crippen molar-refractivity contribution in [1.29, 1.82) is 0 Å². The Morgan fingerprint density at radius 1 is 1.18 bits per heavy atom. The maximum atomic E-state index is 6.28. The van der Waals surface area contributed by atoms with E-state index < -0.39 is 8.32 Å². The first-order valence-electron chi connectivity index (χ1n) is 6.86. The van der Waals surface area contributed by atoms with E-state index in [2.05, 4.69) is 47.7 Å². The molecule has 0 spiro atoms. The van der Waals surface area contributed by atoms with Gasteiger partial charge in [0.15, 0.2) is 0 Å². The molecule has 2 atom stereocenters. The van der Waals surface area contributed by atoms with Crippen molar-refractivity contribution in [1.82, 2.24) is 0 Å². The molecule has 17 heavy (non-hydrogen) atoms. The third-order valence-corrected chi connectivity index (χ3v) is 7.13. The molecule has 2 unspecified atom stereocenters. The van der Waals surface area contributed by atoms with Gasteiger partial charge in [-0.3, -0.25) is 0 Å². The second-order valence-electron chi connectivity index (χ2n) is 5.58. The normalized spacial score (nSPS) is 34.4. The Morgan fingerprint density at radius 2 is 1.76 bits per heavy atom. The quantitative estimate of drug-likeness (QED) is 0.697. The van der Waals surface area contributed by atoms with Crippen LogP contribution in [-0.4, -0.2) is 27.4 Å². The minimum atomic E-state index is -1.72. The predicted molar refractivity (Wildman–Crippen MR) is 77.8 cm³/mol. The highest BCUT2D eigenvalue weighted by molar-refractivity contribution is 6.80. The highest BCUT2D eigenvalue weighted by Crippen LogP contribution is 2.30. The van der Waals surface area contributed by atoms with Crippen LogP contribution in [0.5, 0.6) is 0 Å². The predicted octanol–water partition coefficient (Wildman–Crippen LogP) is 3.83. The zero-order chi connectivity index (χ0) is 13.2. The van der Waals surface area contributed by atoms with Gasteiger partial charge >= 0.3 is 6.92 Å². The van der Waals surface area contributed by atoms with Crippen LogP contribution in [0.4, 0.5) is 0 Å². The third-order valence-electron chi connectivity index (χ3n) is 4.05. The van der Waals surface area contributed by atoms with Gasteiger partial charge in [0.05, 0.1) is 12.2 Å². The average Bonchev–Trinajstić information content (AvgIpc) is 2.26. The van der Waals surface area contributed by atoms with Gasteiger partial charge in [-0.2, -0.15) is 0 Å². The molecule has 0 aliphatic carbocycles. The molecule has 0 aromatic carbocycles. The summed E-state index contributed by atoms with van der Waals surface area (Å²) in [6.07, 6.45) is 2.51. The first kappa shape index (κ1) is 15.0. The van der Waals surface area contributed by atoms with E-state index >= 15 is 0 Å². The molecule has 0 saturated carbocycles. The van der Waals surface area contributed by atoms with Crippen molar-refractivity contribution in [3.63, 3.8) is 0 Å². The van der Waals surface area contributed by atoms with Crippen molar-refractivity contribution < 1.29 is 9.08 Å². The Morgan fingerprint density at radius 3 is 2.24 bits per heavy atom. The highest BCUT2D eigenvalue weighted by atomic mass is 28.4. The molecular formula is C13H27BO2Si. The van der Waals surface area contributed by atoms with Crippen molar-refractivity contribution in [2.24, 2.45) is 0 Å². The fourth-order valence-electron chi connectivity index (χ4n) is 2.56. The lowest BCUT2D eigenvalue weighted by Gasteiger charge is -2.38. The molecule has 1 aliphatic heterocycles. The van der Waals surface area contributed by atoms with E-state index in [-0.39, 0.29) is 19.1 Å². The first-order valence-corrected chi connectivity index (χ1v) is 9.77. The zero-order valence-electron chi connectivity index (χ0n) is 12.5. The summed E-state index contributed by atoms with van der Waals surface area (Å²) in [7, 11) is -1.72. The molecule has 0 fully saturated rings. The largest absolute Gasteiger partial charge is 0.426 e. The molecule has 2 nitrogen and oxygen atoms in total. The van der Waals surface area contributed by atoms with E-state index in [9.17, 15) is 0 Å². The summed E-state index contributed by atoms with van der Waals surface area (Å²) < 4.78 is 12.4. The molecule has 1 rings (SSSR count). The number of hydrogen-bond acceptors (Lipinski definition) is 2. The lowest BCUT2D eigenvalue weighted by atomic mass is 9.56. The van der Waals surface area contributed by atoms with E-state index in [0.717, 1.165) is 12.7 Å². The van der Waals surface area contributed by atoms with Gasteiger partial charge in [0.2, 0.25) is 8.32 Å². The van der Waals surface area contributed by atoms with Gasteiger partial charge in [0.25, 0.3) is 0 Å². The van der Waals surface area contributed by atoms with Gasteiger partial charge in [0, 0.05) is 0 Å². The first-order chi connectivity index (χ1) is 7.83.